The van der Waals surface area contributed by atoms with Crippen LogP contribution in [0.15, 0.2) is 48.5 Å². The highest BCUT2D eigenvalue weighted by Crippen LogP contribution is 2.16. The normalized spacial score (nSPS) is 11.2. The summed E-state index contributed by atoms with van der Waals surface area (Å²) in [6.45, 7) is 1.71. The Morgan fingerprint density at radius 2 is 1.75 bits per heavy atom. The highest BCUT2D eigenvalue weighted by molar-refractivity contribution is 5.96. The predicted octanol–water partition coefficient (Wildman–Crippen LogP) is 3.10. The number of benzene rings is 2. The first kappa shape index (κ1) is 17.0. The van der Waals surface area contributed by atoms with Crippen molar-refractivity contribution in [2.45, 2.75) is 19.4 Å². The van der Waals surface area contributed by atoms with E-state index in [0.717, 1.165) is 11.3 Å². The Labute approximate surface area is 139 Å². The van der Waals surface area contributed by atoms with Crippen LogP contribution in [0.3, 0.4) is 0 Å². The number of nitrogens with zero attached hydrogens (tertiary/aromatic N) is 2. The number of nitrogens with one attached hydrogen (secondary N) is 2. The van der Waals surface area contributed by atoms with Crippen LogP contribution in [-0.4, -0.2) is 16.9 Å². The molecule has 0 aliphatic heterocycles. The van der Waals surface area contributed by atoms with Crippen LogP contribution < -0.4 is 10.6 Å². The summed E-state index contributed by atoms with van der Waals surface area (Å²) in [5.41, 5.74) is 2.13. The van der Waals surface area contributed by atoms with Gasteiger partial charge in [-0.1, -0.05) is 12.1 Å². The fourth-order valence-electron chi connectivity index (χ4n) is 2.04. The largest absolute Gasteiger partial charge is 0.374 e. The first-order chi connectivity index (χ1) is 11.5. The molecule has 0 saturated carbocycles. The number of nitriles is 1. The molecule has 0 radical (unpaired) electrons. The van der Waals surface area contributed by atoms with Crippen molar-refractivity contribution in [2.24, 2.45) is 0 Å². The van der Waals surface area contributed by atoms with E-state index < -0.39 is 11.0 Å². The maximum Gasteiger partial charge on any atom is 0.269 e. The van der Waals surface area contributed by atoms with Gasteiger partial charge in [0.25, 0.3) is 5.69 Å². The fraction of sp³-hybridized carbons (Fsp3) is 0.176. The van der Waals surface area contributed by atoms with Gasteiger partial charge in [0.05, 0.1) is 17.4 Å². The lowest BCUT2D eigenvalue weighted by molar-refractivity contribution is -0.384. The molecule has 2 aromatic rings. The van der Waals surface area contributed by atoms with Gasteiger partial charge in [-0.2, -0.15) is 5.26 Å². The van der Waals surface area contributed by atoms with Crippen LogP contribution >= 0.6 is 0 Å². The van der Waals surface area contributed by atoms with E-state index in [0.29, 0.717) is 12.1 Å². The zero-order chi connectivity index (χ0) is 17.5. The summed E-state index contributed by atoms with van der Waals surface area (Å²) in [6, 6.07) is 14.5. The number of nitro groups is 1. The minimum absolute atomic E-state index is 0.0309. The second-order valence-electron chi connectivity index (χ2n) is 5.19. The maximum atomic E-state index is 12.2. The third kappa shape index (κ3) is 4.55. The molecule has 1 unspecified atom stereocenters. The number of anilines is 2. The van der Waals surface area contributed by atoms with E-state index in [1.807, 2.05) is 24.3 Å². The number of non-ortho nitro benzene ring substituents is 1. The molecule has 7 heteroatoms. The molecule has 1 atom stereocenters. The van der Waals surface area contributed by atoms with E-state index in [1.165, 1.54) is 24.3 Å². The third-order valence-corrected chi connectivity index (χ3v) is 3.36. The summed E-state index contributed by atoms with van der Waals surface area (Å²) in [7, 11) is 0. The van der Waals surface area contributed by atoms with E-state index in [2.05, 4.69) is 16.7 Å². The Morgan fingerprint density at radius 1 is 1.17 bits per heavy atom. The molecule has 0 aliphatic carbocycles. The van der Waals surface area contributed by atoms with Crippen molar-refractivity contribution in [1.29, 1.82) is 5.26 Å². The number of rotatable bonds is 6. The van der Waals surface area contributed by atoms with Crippen molar-refractivity contribution in [3.63, 3.8) is 0 Å². The molecule has 2 rings (SSSR count). The minimum Gasteiger partial charge on any atom is -0.374 e. The van der Waals surface area contributed by atoms with Crippen LogP contribution in [0.25, 0.3) is 0 Å². The van der Waals surface area contributed by atoms with E-state index in [9.17, 15) is 14.9 Å². The van der Waals surface area contributed by atoms with E-state index in [4.69, 9.17) is 5.26 Å². The highest BCUT2D eigenvalue weighted by Gasteiger charge is 2.13. The van der Waals surface area contributed by atoms with E-state index in [1.54, 1.807) is 6.92 Å². The topological polar surface area (TPSA) is 108 Å². The Morgan fingerprint density at radius 3 is 2.29 bits per heavy atom. The summed E-state index contributed by atoms with van der Waals surface area (Å²) in [6.07, 6.45) is 0.344. The molecule has 1 amide bonds. The quantitative estimate of drug-likeness (QED) is 0.627. The van der Waals surface area contributed by atoms with Crippen LogP contribution in [0.2, 0.25) is 0 Å². The molecular formula is C17H16N4O3. The minimum atomic E-state index is -0.498. The number of carbonyl (C=O) groups is 1. The molecule has 0 saturated heterocycles. The highest BCUT2D eigenvalue weighted by atomic mass is 16.6. The predicted molar refractivity (Wildman–Crippen MR) is 90.6 cm³/mol. The fourth-order valence-corrected chi connectivity index (χ4v) is 2.04. The van der Waals surface area contributed by atoms with E-state index >= 15 is 0 Å². The maximum absolute atomic E-state index is 12.2. The molecule has 0 spiro atoms. The van der Waals surface area contributed by atoms with Gasteiger partial charge < -0.3 is 10.6 Å². The molecule has 122 valence electrons. The molecule has 0 bridgehead atoms. The second-order valence-corrected chi connectivity index (χ2v) is 5.19. The summed E-state index contributed by atoms with van der Waals surface area (Å²) in [5, 5.41) is 25.0. The lowest BCUT2D eigenvalue weighted by atomic mass is 10.1. The van der Waals surface area contributed by atoms with E-state index in [-0.39, 0.29) is 11.6 Å². The molecule has 0 aliphatic rings. The van der Waals surface area contributed by atoms with Gasteiger partial charge in [-0.05, 0) is 36.8 Å². The summed E-state index contributed by atoms with van der Waals surface area (Å²) < 4.78 is 0. The summed E-state index contributed by atoms with van der Waals surface area (Å²) in [4.78, 5) is 22.3. The Hall–Kier alpha value is -3.40. The lowest BCUT2D eigenvalue weighted by Gasteiger charge is -2.15. The van der Waals surface area contributed by atoms with Gasteiger partial charge in [-0.3, -0.25) is 14.9 Å². The number of nitro benzene ring substituents is 1. The number of hydrogen-bond acceptors (Lipinski definition) is 5. The Kier molecular flexibility index (Phi) is 5.47. The van der Waals surface area contributed by atoms with Crippen molar-refractivity contribution < 1.29 is 9.72 Å². The monoisotopic (exact) mass is 324 g/mol. The number of amides is 1. The van der Waals surface area contributed by atoms with Crippen molar-refractivity contribution in [2.75, 3.05) is 10.6 Å². The molecule has 0 heterocycles. The van der Waals surface area contributed by atoms with Crippen LogP contribution in [0, 0.1) is 21.4 Å². The first-order valence-corrected chi connectivity index (χ1v) is 7.27. The summed E-state index contributed by atoms with van der Waals surface area (Å²) >= 11 is 0. The average Bonchev–Trinajstić information content (AvgIpc) is 2.57. The molecule has 2 aromatic carbocycles. The van der Waals surface area contributed by atoms with Gasteiger partial charge >= 0.3 is 0 Å². The molecule has 2 N–H and O–H groups in total. The zero-order valence-corrected chi connectivity index (χ0v) is 13.0. The molecular weight excluding hydrogens is 308 g/mol. The zero-order valence-electron chi connectivity index (χ0n) is 13.0. The SMILES string of the molecule is CC(Nc1ccc(CC#N)cc1)C(=O)Nc1ccc([N+](=O)[O-])cc1. The van der Waals surface area contributed by atoms with Crippen LogP contribution in [0.1, 0.15) is 12.5 Å². The second kappa shape index (κ2) is 7.74. The van der Waals surface area contributed by atoms with Gasteiger partial charge in [-0.25, -0.2) is 0 Å². The van der Waals surface area contributed by atoms with Gasteiger partial charge in [0.1, 0.15) is 6.04 Å². The molecule has 0 fully saturated rings. The van der Waals surface area contributed by atoms with Gasteiger partial charge in [0.15, 0.2) is 0 Å². The van der Waals surface area contributed by atoms with Gasteiger partial charge in [-0.15, -0.1) is 0 Å². The number of hydrogen-bond donors (Lipinski definition) is 2. The van der Waals surface area contributed by atoms with Crippen molar-refractivity contribution >= 4 is 23.0 Å². The lowest BCUT2D eigenvalue weighted by Crippen LogP contribution is -2.31. The average molecular weight is 324 g/mol. The standard InChI is InChI=1S/C17H16N4O3/c1-12(19-14-4-2-13(3-5-14)10-11-18)17(22)20-15-6-8-16(9-7-15)21(23)24/h2-9,12,19H,10H2,1H3,(H,20,22). The van der Waals surface area contributed by atoms with Gasteiger partial charge in [0, 0.05) is 23.5 Å². The Bertz CT molecular complexity index is 764. The van der Waals surface area contributed by atoms with Crippen molar-refractivity contribution in [3.8, 4) is 6.07 Å². The van der Waals surface area contributed by atoms with Crippen LogP contribution in [-0.2, 0) is 11.2 Å². The molecule has 24 heavy (non-hydrogen) atoms. The van der Waals surface area contributed by atoms with Crippen LogP contribution in [0.5, 0.6) is 0 Å². The number of carbonyl (C=O) groups excluding carboxylic acids is 1. The third-order valence-electron chi connectivity index (χ3n) is 3.36. The van der Waals surface area contributed by atoms with Crippen molar-refractivity contribution in [1.82, 2.24) is 0 Å². The smallest absolute Gasteiger partial charge is 0.269 e. The summed E-state index contributed by atoms with van der Waals surface area (Å²) in [5.74, 6) is -0.259. The van der Waals surface area contributed by atoms with Crippen LogP contribution in [0.4, 0.5) is 17.1 Å². The first-order valence-electron chi connectivity index (χ1n) is 7.27. The Balaban J connectivity index is 1.94. The molecule has 7 nitrogen and oxygen atoms in total. The van der Waals surface area contributed by atoms with Crippen molar-refractivity contribution in [3.05, 3.63) is 64.2 Å². The molecule has 0 aromatic heterocycles. The van der Waals surface area contributed by atoms with Gasteiger partial charge in [0.2, 0.25) is 5.91 Å².